The molecular weight excluding hydrogens is 208 g/mol. The van der Waals surface area contributed by atoms with E-state index in [9.17, 15) is 10.1 Å². The highest BCUT2D eigenvalue weighted by atomic mass is 16.6. The van der Waals surface area contributed by atoms with Gasteiger partial charge in [0.25, 0.3) is 0 Å². The summed E-state index contributed by atoms with van der Waals surface area (Å²) in [5.41, 5.74) is 0.0389. The first kappa shape index (κ1) is 12.5. The number of aryl methyl sites for hydroxylation is 1. The maximum absolute atomic E-state index is 10.8. The van der Waals surface area contributed by atoms with Crippen molar-refractivity contribution in [2.75, 3.05) is 5.32 Å². The Labute approximate surface area is 94.8 Å². The number of aromatic nitrogens is 2. The minimum absolute atomic E-state index is 0.0389. The molecule has 0 amide bonds. The van der Waals surface area contributed by atoms with Crippen LogP contribution in [0.3, 0.4) is 0 Å². The van der Waals surface area contributed by atoms with Crippen molar-refractivity contribution >= 4 is 11.5 Å². The van der Waals surface area contributed by atoms with E-state index in [4.69, 9.17) is 0 Å². The molecule has 0 aromatic carbocycles. The molecule has 0 saturated carbocycles. The molecule has 6 nitrogen and oxygen atoms in total. The maximum atomic E-state index is 10.8. The normalized spacial score (nSPS) is 12.4. The predicted molar refractivity (Wildman–Crippen MR) is 62.5 cm³/mol. The minimum atomic E-state index is -0.409. The van der Waals surface area contributed by atoms with Gasteiger partial charge in [0.1, 0.15) is 6.20 Å². The van der Waals surface area contributed by atoms with Crippen LogP contribution in [0.1, 0.15) is 33.1 Å². The second kappa shape index (κ2) is 5.48. The third kappa shape index (κ3) is 2.95. The molecule has 16 heavy (non-hydrogen) atoms. The highest BCUT2D eigenvalue weighted by Gasteiger charge is 2.20. The summed E-state index contributed by atoms with van der Waals surface area (Å²) in [7, 11) is 1.68. The summed E-state index contributed by atoms with van der Waals surface area (Å²) in [5, 5.41) is 18.0. The average Bonchev–Trinajstić information content (AvgIpc) is 2.59. The standard InChI is InChI=1S/C10H18N4O2/c1-4-6-8(5-2)11-10-9(14(15)16)7-13(3)12-10/h7-8H,4-6H2,1-3H3,(H,11,12). The highest BCUT2D eigenvalue weighted by Crippen LogP contribution is 2.23. The van der Waals surface area contributed by atoms with Crippen molar-refractivity contribution < 1.29 is 4.92 Å². The fraction of sp³-hybridized carbons (Fsp3) is 0.700. The zero-order chi connectivity index (χ0) is 12.1. The van der Waals surface area contributed by atoms with E-state index in [-0.39, 0.29) is 11.7 Å². The topological polar surface area (TPSA) is 73.0 Å². The van der Waals surface area contributed by atoms with Crippen LogP contribution < -0.4 is 5.32 Å². The van der Waals surface area contributed by atoms with Crippen molar-refractivity contribution in [1.82, 2.24) is 9.78 Å². The zero-order valence-corrected chi connectivity index (χ0v) is 9.93. The van der Waals surface area contributed by atoms with Gasteiger partial charge in [0.15, 0.2) is 0 Å². The monoisotopic (exact) mass is 226 g/mol. The van der Waals surface area contributed by atoms with Crippen molar-refractivity contribution in [3.05, 3.63) is 16.3 Å². The summed E-state index contributed by atoms with van der Waals surface area (Å²) >= 11 is 0. The van der Waals surface area contributed by atoms with Crippen molar-refractivity contribution in [2.45, 2.75) is 39.2 Å². The number of nitro groups is 1. The summed E-state index contributed by atoms with van der Waals surface area (Å²) in [6.07, 6.45) is 4.39. The number of nitrogens with one attached hydrogen (secondary N) is 1. The van der Waals surface area contributed by atoms with Crippen LogP contribution in [0.4, 0.5) is 11.5 Å². The van der Waals surface area contributed by atoms with E-state index in [1.165, 1.54) is 10.9 Å². The summed E-state index contributed by atoms with van der Waals surface area (Å²) in [4.78, 5) is 10.4. The first-order valence-corrected chi connectivity index (χ1v) is 5.53. The lowest BCUT2D eigenvalue weighted by molar-refractivity contribution is -0.384. The van der Waals surface area contributed by atoms with Crippen LogP contribution in [0.2, 0.25) is 0 Å². The molecule has 1 aromatic heterocycles. The SMILES string of the molecule is CCCC(CC)Nc1nn(C)cc1[N+](=O)[O-]. The first-order chi connectivity index (χ1) is 7.58. The number of rotatable bonds is 6. The molecule has 1 rings (SSSR count). The fourth-order valence-corrected chi connectivity index (χ4v) is 1.63. The molecule has 1 atom stereocenters. The molecule has 1 unspecified atom stereocenters. The van der Waals surface area contributed by atoms with Gasteiger partial charge in [-0.05, 0) is 12.8 Å². The summed E-state index contributed by atoms with van der Waals surface area (Å²) in [5.74, 6) is 0.368. The molecule has 0 aliphatic rings. The molecule has 0 spiro atoms. The Hall–Kier alpha value is -1.59. The van der Waals surface area contributed by atoms with Crippen LogP contribution in [0.15, 0.2) is 6.20 Å². The largest absolute Gasteiger partial charge is 0.360 e. The molecule has 0 radical (unpaired) electrons. The summed E-state index contributed by atoms with van der Waals surface area (Å²) < 4.78 is 1.46. The van der Waals surface area contributed by atoms with E-state index in [2.05, 4.69) is 24.3 Å². The van der Waals surface area contributed by atoms with Crippen LogP contribution in [-0.4, -0.2) is 20.7 Å². The molecule has 1 heterocycles. The molecule has 6 heteroatoms. The van der Waals surface area contributed by atoms with Gasteiger partial charge in [-0.3, -0.25) is 14.8 Å². The van der Waals surface area contributed by atoms with Gasteiger partial charge in [0, 0.05) is 13.1 Å². The van der Waals surface area contributed by atoms with E-state index in [0.717, 1.165) is 19.3 Å². The van der Waals surface area contributed by atoms with Gasteiger partial charge in [-0.25, -0.2) is 0 Å². The molecule has 0 aliphatic heterocycles. The number of nitrogens with zero attached hydrogens (tertiary/aromatic N) is 3. The number of anilines is 1. The van der Waals surface area contributed by atoms with Gasteiger partial charge >= 0.3 is 5.69 Å². The van der Waals surface area contributed by atoms with Gasteiger partial charge in [0.05, 0.1) is 4.92 Å². The van der Waals surface area contributed by atoms with E-state index >= 15 is 0 Å². The molecular formula is C10H18N4O2. The predicted octanol–water partition coefficient (Wildman–Crippen LogP) is 2.32. The van der Waals surface area contributed by atoms with Crippen LogP contribution in [0.25, 0.3) is 0 Å². The molecule has 0 saturated heterocycles. The number of hydrogen-bond acceptors (Lipinski definition) is 4. The van der Waals surface area contributed by atoms with Gasteiger partial charge in [-0.1, -0.05) is 20.3 Å². The Bertz CT molecular complexity index is 362. The van der Waals surface area contributed by atoms with Crippen LogP contribution in [0, 0.1) is 10.1 Å². The van der Waals surface area contributed by atoms with Gasteiger partial charge in [-0.15, -0.1) is 5.10 Å². The number of hydrogen-bond donors (Lipinski definition) is 1. The molecule has 1 N–H and O–H groups in total. The maximum Gasteiger partial charge on any atom is 0.330 e. The third-order valence-corrected chi connectivity index (χ3v) is 2.48. The minimum Gasteiger partial charge on any atom is -0.360 e. The summed E-state index contributed by atoms with van der Waals surface area (Å²) in [6, 6.07) is 0.249. The lowest BCUT2D eigenvalue weighted by Crippen LogP contribution is -2.19. The van der Waals surface area contributed by atoms with Crippen LogP contribution in [-0.2, 0) is 7.05 Å². The Morgan fingerprint density at radius 1 is 1.62 bits per heavy atom. The van der Waals surface area contributed by atoms with Crippen molar-refractivity contribution in [3.63, 3.8) is 0 Å². The van der Waals surface area contributed by atoms with Gasteiger partial charge < -0.3 is 5.32 Å². The Morgan fingerprint density at radius 3 is 2.81 bits per heavy atom. The van der Waals surface area contributed by atoms with Crippen LogP contribution >= 0.6 is 0 Å². The third-order valence-electron chi connectivity index (χ3n) is 2.48. The highest BCUT2D eigenvalue weighted by molar-refractivity contribution is 5.54. The van der Waals surface area contributed by atoms with Gasteiger partial charge in [-0.2, -0.15) is 0 Å². The smallest absolute Gasteiger partial charge is 0.330 e. The molecule has 90 valence electrons. The second-order valence-corrected chi connectivity index (χ2v) is 3.83. The molecule has 0 aliphatic carbocycles. The Kier molecular flexibility index (Phi) is 4.28. The van der Waals surface area contributed by atoms with Crippen molar-refractivity contribution in [3.8, 4) is 0 Å². The lowest BCUT2D eigenvalue weighted by atomic mass is 10.1. The molecule has 0 bridgehead atoms. The molecule has 0 fully saturated rings. The van der Waals surface area contributed by atoms with Crippen molar-refractivity contribution in [2.24, 2.45) is 7.05 Å². The van der Waals surface area contributed by atoms with Crippen LogP contribution in [0.5, 0.6) is 0 Å². The van der Waals surface area contributed by atoms with E-state index in [1.807, 2.05) is 0 Å². The summed E-state index contributed by atoms with van der Waals surface area (Å²) in [6.45, 7) is 4.15. The second-order valence-electron chi connectivity index (χ2n) is 3.83. The zero-order valence-electron chi connectivity index (χ0n) is 9.93. The van der Waals surface area contributed by atoms with Crippen molar-refractivity contribution in [1.29, 1.82) is 0 Å². The lowest BCUT2D eigenvalue weighted by Gasteiger charge is -2.14. The van der Waals surface area contributed by atoms with E-state index in [1.54, 1.807) is 7.05 Å². The van der Waals surface area contributed by atoms with E-state index in [0.29, 0.717) is 5.82 Å². The average molecular weight is 226 g/mol. The van der Waals surface area contributed by atoms with E-state index < -0.39 is 4.92 Å². The quantitative estimate of drug-likeness (QED) is 0.596. The fourth-order valence-electron chi connectivity index (χ4n) is 1.63. The van der Waals surface area contributed by atoms with Gasteiger partial charge in [0.2, 0.25) is 5.82 Å². The first-order valence-electron chi connectivity index (χ1n) is 5.53. The molecule has 1 aromatic rings. The Morgan fingerprint density at radius 2 is 2.31 bits per heavy atom. The Balaban J connectivity index is 2.82.